The quantitative estimate of drug-likeness (QED) is 0.751. The lowest BCUT2D eigenvalue weighted by atomic mass is 10.1. The van der Waals surface area contributed by atoms with E-state index in [4.69, 9.17) is 10.5 Å². The molecule has 0 unspecified atom stereocenters. The second-order valence-electron chi connectivity index (χ2n) is 7.05. The number of carbonyl (C=O) groups is 2. The number of nitrogens with two attached hydrogens (primary N) is 1. The second-order valence-corrected chi connectivity index (χ2v) is 8.52. The first-order chi connectivity index (χ1) is 12.0. The molecule has 0 bridgehead atoms. The van der Waals surface area contributed by atoms with Crippen molar-refractivity contribution in [3.63, 3.8) is 0 Å². The Bertz CT molecular complexity index is 705. The van der Waals surface area contributed by atoms with E-state index >= 15 is 0 Å². The zero-order valence-electron chi connectivity index (χ0n) is 13.8. The summed E-state index contributed by atoms with van der Waals surface area (Å²) in [5.41, 5.74) is 6.60. The number of ether oxygens (including phenoxy) is 1. The molecular formula is C17H21N3O4S. The first kappa shape index (κ1) is 16.7. The van der Waals surface area contributed by atoms with Crippen LogP contribution >= 0.6 is 0 Å². The van der Waals surface area contributed by atoms with E-state index in [2.05, 4.69) is 4.98 Å². The summed E-state index contributed by atoms with van der Waals surface area (Å²) in [5, 5.41) is 0. The molecule has 4 rings (SSSR count). The predicted octanol–water partition coefficient (Wildman–Crippen LogP) is 0.764. The van der Waals surface area contributed by atoms with Gasteiger partial charge in [0.15, 0.2) is 11.9 Å². The molecule has 0 aromatic carbocycles. The fourth-order valence-electron chi connectivity index (χ4n) is 3.02. The largest absolute Gasteiger partial charge is 0.615 e. The second kappa shape index (κ2) is 6.49. The molecule has 2 atom stereocenters. The third kappa shape index (κ3) is 3.59. The number of carbonyl (C=O) groups excluding carboxylic acids is 2. The number of primary amides is 1. The Hall–Kier alpha value is -1.80. The number of aromatic nitrogens is 1. The Morgan fingerprint density at radius 3 is 2.72 bits per heavy atom. The number of hydrogen-bond donors (Lipinski definition) is 1. The van der Waals surface area contributed by atoms with E-state index in [1.54, 1.807) is 6.07 Å². The van der Waals surface area contributed by atoms with E-state index in [1.807, 2.05) is 6.07 Å². The van der Waals surface area contributed by atoms with Crippen LogP contribution in [-0.2, 0) is 16.0 Å². The number of amides is 2. The number of hydrogen-bond acceptors (Lipinski definition) is 5. The van der Waals surface area contributed by atoms with Gasteiger partial charge in [-0.1, -0.05) is 6.07 Å². The molecule has 1 aliphatic heterocycles. The van der Waals surface area contributed by atoms with Gasteiger partial charge in [0.05, 0.1) is 6.61 Å². The lowest BCUT2D eigenvalue weighted by Gasteiger charge is -2.19. The van der Waals surface area contributed by atoms with Gasteiger partial charge < -0.3 is 15.0 Å². The minimum Gasteiger partial charge on any atom is -0.615 e. The van der Waals surface area contributed by atoms with E-state index in [9.17, 15) is 14.1 Å². The molecule has 3 fully saturated rings. The van der Waals surface area contributed by atoms with Gasteiger partial charge in [-0.05, 0) is 54.8 Å². The van der Waals surface area contributed by atoms with Crippen molar-refractivity contribution in [3.8, 4) is 5.88 Å². The smallest absolute Gasteiger partial charge is 0.277 e. The fraction of sp³-hybridized carbons (Fsp3) is 0.588. The minimum absolute atomic E-state index is 0.0107. The van der Waals surface area contributed by atoms with Gasteiger partial charge in [-0.15, -0.1) is 0 Å². The maximum Gasteiger partial charge on any atom is 0.277 e. The third-order valence-corrected chi connectivity index (χ3v) is 6.12. The van der Waals surface area contributed by atoms with Crippen LogP contribution in [0, 0.1) is 5.92 Å². The van der Waals surface area contributed by atoms with E-state index < -0.39 is 29.0 Å². The summed E-state index contributed by atoms with van der Waals surface area (Å²) < 4.78 is 17.6. The Labute approximate surface area is 149 Å². The molecule has 2 aliphatic carbocycles. The summed E-state index contributed by atoms with van der Waals surface area (Å²) in [6, 6.07) is 2.72. The SMILES string of the molecule is NC(=O)[C@@H]1C[S@@+]([O-])CN1C(=O)c1ccc(C2CC2)c(OCC2CC2)n1. The van der Waals surface area contributed by atoms with Gasteiger partial charge in [-0.25, -0.2) is 4.98 Å². The number of rotatable bonds is 6. The molecule has 25 heavy (non-hydrogen) atoms. The van der Waals surface area contributed by atoms with Crippen LogP contribution in [0.15, 0.2) is 12.1 Å². The molecular weight excluding hydrogens is 342 g/mol. The van der Waals surface area contributed by atoms with Crippen LogP contribution in [0.3, 0.4) is 0 Å². The van der Waals surface area contributed by atoms with Crippen molar-refractivity contribution in [1.29, 1.82) is 0 Å². The lowest BCUT2D eigenvalue weighted by Crippen LogP contribution is -2.45. The van der Waals surface area contributed by atoms with Gasteiger partial charge in [0, 0.05) is 5.56 Å². The molecule has 0 radical (unpaired) electrons. The zero-order valence-corrected chi connectivity index (χ0v) is 14.7. The van der Waals surface area contributed by atoms with E-state index in [1.165, 1.54) is 17.7 Å². The molecule has 7 nitrogen and oxygen atoms in total. The highest BCUT2D eigenvalue weighted by Crippen LogP contribution is 2.44. The molecule has 2 saturated carbocycles. The maximum absolute atomic E-state index is 12.8. The highest BCUT2D eigenvalue weighted by atomic mass is 32.2. The van der Waals surface area contributed by atoms with Crippen LogP contribution in [0.5, 0.6) is 5.88 Å². The van der Waals surface area contributed by atoms with Crippen LogP contribution in [0.25, 0.3) is 0 Å². The molecule has 134 valence electrons. The summed E-state index contributed by atoms with van der Waals surface area (Å²) in [7, 11) is 0. The van der Waals surface area contributed by atoms with E-state index in [0.29, 0.717) is 24.3 Å². The summed E-state index contributed by atoms with van der Waals surface area (Å²) in [6.45, 7) is 0.627. The van der Waals surface area contributed by atoms with E-state index in [-0.39, 0.29) is 17.3 Å². The van der Waals surface area contributed by atoms with Crippen LogP contribution < -0.4 is 10.5 Å². The zero-order chi connectivity index (χ0) is 17.6. The lowest BCUT2D eigenvalue weighted by molar-refractivity contribution is -0.121. The topological polar surface area (TPSA) is 109 Å². The van der Waals surface area contributed by atoms with Gasteiger partial charge in [-0.3, -0.25) is 14.5 Å². The summed E-state index contributed by atoms with van der Waals surface area (Å²) in [6.07, 6.45) is 4.59. The summed E-state index contributed by atoms with van der Waals surface area (Å²) >= 11 is -1.26. The molecule has 8 heteroatoms. The summed E-state index contributed by atoms with van der Waals surface area (Å²) in [4.78, 5) is 30.0. The average molecular weight is 363 g/mol. The fourth-order valence-corrected chi connectivity index (χ4v) is 4.43. The van der Waals surface area contributed by atoms with E-state index in [0.717, 1.165) is 18.4 Å². The minimum atomic E-state index is -1.26. The number of nitrogens with zero attached hydrogens (tertiary/aromatic N) is 2. The molecule has 1 aromatic heterocycles. The van der Waals surface area contributed by atoms with Crippen LogP contribution in [-0.4, -0.2) is 50.5 Å². The first-order valence-electron chi connectivity index (χ1n) is 8.62. The molecule has 1 saturated heterocycles. The normalized spacial score (nSPS) is 25.9. The summed E-state index contributed by atoms with van der Waals surface area (Å²) in [5.74, 6) is 0.615. The van der Waals surface area contributed by atoms with Gasteiger partial charge >= 0.3 is 0 Å². The average Bonchev–Trinajstić information content (AvgIpc) is 3.50. The van der Waals surface area contributed by atoms with Crippen molar-refractivity contribution in [3.05, 3.63) is 23.4 Å². The van der Waals surface area contributed by atoms with Gasteiger partial charge in [-0.2, -0.15) is 0 Å². The molecule has 2 N–H and O–H groups in total. The van der Waals surface area contributed by atoms with Crippen molar-refractivity contribution < 1.29 is 18.9 Å². The highest BCUT2D eigenvalue weighted by Gasteiger charge is 2.42. The van der Waals surface area contributed by atoms with Crippen molar-refractivity contribution in [2.75, 3.05) is 18.2 Å². The Morgan fingerprint density at radius 2 is 2.08 bits per heavy atom. The Morgan fingerprint density at radius 1 is 1.32 bits per heavy atom. The standard InChI is InChI=1S/C17H21N3O4S/c18-15(21)14-8-25(23)9-20(14)17(22)13-6-5-12(11-3-4-11)16(19-13)24-7-10-1-2-10/h5-6,10-11,14H,1-4,7-9H2,(H2,18,21)/t14-,25+/m0/s1. The third-order valence-electron chi connectivity index (χ3n) is 4.87. The van der Waals surface area contributed by atoms with Crippen molar-refractivity contribution in [1.82, 2.24) is 9.88 Å². The van der Waals surface area contributed by atoms with Crippen LogP contribution in [0.1, 0.15) is 47.7 Å². The van der Waals surface area contributed by atoms with Crippen LogP contribution in [0.2, 0.25) is 0 Å². The van der Waals surface area contributed by atoms with Gasteiger partial charge in [0.25, 0.3) is 5.91 Å². The monoisotopic (exact) mass is 363 g/mol. The maximum atomic E-state index is 12.8. The Kier molecular flexibility index (Phi) is 4.33. The van der Waals surface area contributed by atoms with Gasteiger partial charge in [0.2, 0.25) is 11.8 Å². The predicted molar refractivity (Wildman–Crippen MR) is 91.5 cm³/mol. The van der Waals surface area contributed by atoms with Crippen molar-refractivity contribution in [2.45, 2.75) is 37.6 Å². The van der Waals surface area contributed by atoms with Crippen LogP contribution in [0.4, 0.5) is 0 Å². The number of pyridine rings is 1. The molecule has 0 spiro atoms. The molecule has 1 aromatic rings. The Balaban J connectivity index is 1.57. The van der Waals surface area contributed by atoms with Crippen molar-refractivity contribution >= 4 is 23.0 Å². The first-order valence-corrected chi connectivity index (χ1v) is 10.1. The van der Waals surface area contributed by atoms with Gasteiger partial charge in [0.1, 0.15) is 11.4 Å². The van der Waals surface area contributed by atoms with Crippen molar-refractivity contribution in [2.24, 2.45) is 11.7 Å². The molecule has 3 aliphatic rings. The highest BCUT2D eigenvalue weighted by molar-refractivity contribution is 7.91. The molecule has 2 amide bonds. The molecule has 2 heterocycles.